The Morgan fingerprint density at radius 3 is 2.59 bits per heavy atom. The van der Waals surface area contributed by atoms with Crippen molar-refractivity contribution in [2.24, 2.45) is 0 Å². The number of rotatable bonds is 6. The molecule has 5 rings (SSSR count). The van der Waals surface area contributed by atoms with Gasteiger partial charge in [0.2, 0.25) is 17.6 Å². The van der Waals surface area contributed by atoms with E-state index in [0.29, 0.717) is 35.9 Å². The van der Waals surface area contributed by atoms with Crippen molar-refractivity contribution in [1.82, 2.24) is 10.1 Å². The second-order valence-corrected chi connectivity index (χ2v) is 11.1. The number of hydrogen-bond acceptors (Lipinski definition) is 7. The molecule has 1 fully saturated rings. The van der Waals surface area contributed by atoms with Gasteiger partial charge in [0, 0.05) is 29.9 Å². The van der Waals surface area contributed by atoms with Gasteiger partial charge in [-0.3, -0.25) is 9.52 Å². The van der Waals surface area contributed by atoms with E-state index in [-0.39, 0.29) is 16.0 Å². The molecular weight excluding hydrogens is 472 g/mol. The van der Waals surface area contributed by atoms with Gasteiger partial charge in [-0.05, 0) is 72.8 Å². The molecule has 2 aromatic carbocycles. The van der Waals surface area contributed by atoms with Crippen LogP contribution < -0.4 is 9.62 Å². The zero-order chi connectivity index (χ0) is 23.9. The minimum Gasteiger partial charge on any atom is -0.339 e. The standard InChI is InChI=1S/C24H22N4O4S2/c1-15-5-10-20(12-16(15)2)28-14-18(13-21(28)29)24-25-23(26-32-24)17-6-8-19(9-7-17)27-34(30,31)22-4-3-11-33-22/h3-12,18,27H,13-14H2,1-2H3/t18-/m0/s1. The minimum atomic E-state index is -3.61. The molecule has 0 bridgehead atoms. The molecule has 34 heavy (non-hydrogen) atoms. The first-order valence-electron chi connectivity index (χ1n) is 10.7. The van der Waals surface area contributed by atoms with E-state index in [2.05, 4.69) is 14.9 Å². The van der Waals surface area contributed by atoms with Crippen molar-refractivity contribution in [2.75, 3.05) is 16.2 Å². The van der Waals surface area contributed by atoms with Crippen LogP contribution in [0.4, 0.5) is 11.4 Å². The number of amides is 1. The summed E-state index contributed by atoms with van der Waals surface area (Å²) < 4.78 is 33.1. The van der Waals surface area contributed by atoms with E-state index >= 15 is 0 Å². The van der Waals surface area contributed by atoms with Crippen molar-refractivity contribution in [3.63, 3.8) is 0 Å². The van der Waals surface area contributed by atoms with Gasteiger partial charge in [0.15, 0.2) is 0 Å². The number of sulfonamides is 1. The molecule has 8 nitrogen and oxygen atoms in total. The van der Waals surface area contributed by atoms with Crippen LogP contribution in [-0.4, -0.2) is 31.0 Å². The van der Waals surface area contributed by atoms with Crippen molar-refractivity contribution >= 4 is 38.6 Å². The summed E-state index contributed by atoms with van der Waals surface area (Å²) in [7, 11) is -3.61. The number of thiophene rings is 1. The summed E-state index contributed by atoms with van der Waals surface area (Å²) in [4.78, 5) is 18.9. The zero-order valence-electron chi connectivity index (χ0n) is 18.6. The molecule has 0 aliphatic carbocycles. The van der Waals surface area contributed by atoms with Crippen molar-refractivity contribution in [3.8, 4) is 11.4 Å². The smallest absolute Gasteiger partial charge is 0.271 e. The van der Waals surface area contributed by atoms with Gasteiger partial charge >= 0.3 is 0 Å². The highest BCUT2D eigenvalue weighted by Crippen LogP contribution is 2.33. The highest BCUT2D eigenvalue weighted by atomic mass is 32.2. The third-order valence-corrected chi connectivity index (χ3v) is 8.65. The van der Waals surface area contributed by atoms with Crippen LogP contribution in [0.5, 0.6) is 0 Å². The highest BCUT2D eigenvalue weighted by Gasteiger charge is 2.35. The van der Waals surface area contributed by atoms with Crippen LogP contribution in [0.15, 0.2) is 68.7 Å². The van der Waals surface area contributed by atoms with Crippen LogP contribution in [0.3, 0.4) is 0 Å². The lowest BCUT2D eigenvalue weighted by Crippen LogP contribution is -2.24. The summed E-state index contributed by atoms with van der Waals surface area (Å²) >= 11 is 1.15. The molecule has 1 saturated heterocycles. The fraction of sp³-hybridized carbons (Fsp3) is 0.208. The Morgan fingerprint density at radius 2 is 1.88 bits per heavy atom. The summed E-state index contributed by atoms with van der Waals surface area (Å²) in [6, 6.07) is 16.0. The first-order valence-corrected chi connectivity index (χ1v) is 13.0. The van der Waals surface area contributed by atoms with Gasteiger partial charge in [0.1, 0.15) is 4.21 Å². The molecule has 10 heteroatoms. The molecule has 1 amide bonds. The molecule has 0 saturated carbocycles. The van der Waals surface area contributed by atoms with E-state index in [9.17, 15) is 13.2 Å². The first-order chi connectivity index (χ1) is 16.3. The maximum atomic E-state index is 12.6. The molecule has 1 N–H and O–H groups in total. The van der Waals surface area contributed by atoms with Gasteiger partial charge in [0.25, 0.3) is 10.0 Å². The average molecular weight is 495 g/mol. The first kappa shape index (κ1) is 22.3. The van der Waals surface area contributed by atoms with Crippen molar-refractivity contribution in [1.29, 1.82) is 0 Å². The Balaban J connectivity index is 1.29. The third-order valence-electron chi connectivity index (χ3n) is 5.87. The lowest BCUT2D eigenvalue weighted by molar-refractivity contribution is -0.117. The molecule has 0 radical (unpaired) electrons. The van der Waals surface area contributed by atoms with Crippen LogP contribution in [0.1, 0.15) is 29.4 Å². The molecule has 2 aromatic heterocycles. The summed E-state index contributed by atoms with van der Waals surface area (Å²) in [5.74, 6) is 0.638. The number of nitrogens with zero attached hydrogens (tertiary/aromatic N) is 3. The van der Waals surface area contributed by atoms with E-state index in [0.717, 1.165) is 22.6 Å². The quantitative estimate of drug-likeness (QED) is 0.415. The number of aryl methyl sites for hydroxylation is 2. The molecule has 1 aliphatic rings. The maximum absolute atomic E-state index is 12.6. The second-order valence-electron chi connectivity index (χ2n) is 8.25. The number of nitrogens with one attached hydrogen (secondary N) is 1. The number of anilines is 2. The molecule has 0 unspecified atom stereocenters. The largest absolute Gasteiger partial charge is 0.339 e. The van der Waals surface area contributed by atoms with E-state index in [1.807, 2.05) is 32.0 Å². The van der Waals surface area contributed by atoms with Crippen LogP contribution in [0.25, 0.3) is 11.4 Å². The number of benzene rings is 2. The monoisotopic (exact) mass is 494 g/mol. The average Bonchev–Trinajstić information content (AvgIpc) is 3.57. The SMILES string of the molecule is Cc1ccc(N2C[C@@H](c3nc(-c4ccc(NS(=O)(=O)c5cccs5)cc4)no3)CC2=O)cc1C. The third kappa shape index (κ3) is 4.34. The summed E-state index contributed by atoms with van der Waals surface area (Å²) in [5.41, 5.74) is 4.31. The zero-order valence-corrected chi connectivity index (χ0v) is 20.2. The molecule has 0 spiro atoms. The molecule has 1 aliphatic heterocycles. The fourth-order valence-electron chi connectivity index (χ4n) is 3.84. The van der Waals surface area contributed by atoms with Crippen molar-refractivity contribution in [2.45, 2.75) is 30.4 Å². The fourth-order valence-corrected chi connectivity index (χ4v) is 5.89. The van der Waals surface area contributed by atoms with Gasteiger partial charge in [-0.2, -0.15) is 4.98 Å². The van der Waals surface area contributed by atoms with Crippen LogP contribution >= 0.6 is 11.3 Å². The van der Waals surface area contributed by atoms with Crippen LogP contribution in [-0.2, 0) is 14.8 Å². The number of carbonyl (C=O) groups excluding carboxylic acids is 1. The Bertz CT molecular complexity index is 1440. The Hall–Kier alpha value is -3.50. The lowest BCUT2D eigenvalue weighted by atomic mass is 10.1. The van der Waals surface area contributed by atoms with Gasteiger partial charge in [-0.15, -0.1) is 11.3 Å². The van der Waals surface area contributed by atoms with E-state index < -0.39 is 10.0 Å². The summed E-state index contributed by atoms with van der Waals surface area (Å²) in [5, 5.41) is 5.78. The van der Waals surface area contributed by atoms with Gasteiger partial charge in [-0.1, -0.05) is 17.3 Å². The molecule has 3 heterocycles. The van der Waals surface area contributed by atoms with Gasteiger partial charge < -0.3 is 9.42 Å². The molecule has 174 valence electrons. The van der Waals surface area contributed by atoms with Gasteiger partial charge in [-0.25, -0.2) is 8.42 Å². The highest BCUT2D eigenvalue weighted by molar-refractivity contribution is 7.94. The van der Waals surface area contributed by atoms with Crippen LogP contribution in [0.2, 0.25) is 0 Å². The van der Waals surface area contributed by atoms with E-state index in [1.54, 1.807) is 46.7 Å². The topological polar surface area (TPSA) is 105 Å². The normalized spacial score (nSPS) is 16.2. The van der Waals surface area contributed by atoms with Crippen molar-refractivity contribution < 1.29 is 17.7 Å². The second kappa shape index (κ2) is 8.69. The van der Waals surface area contributed by atoms with E-state index in [1.165, 1.54) is 5.56 Å². The number of hydrogen-bond donors (Lipinski definition) is 1. The van der Waals surface area contributed by atoms with Crippen LogP contribution in [0, 0.1) is 13.8 Å². The lowest BCUT2D eigenvalue weighted by Gasteiger charge is -2.17. The van der Waals surface area contributed by atoms with Crippen molar-refractivity contribution in [3.05, 3.63) is 77.0 Å². The Kier molecular flexibility index (Phi) is 5.70. The predicted octanol–water partition coefficient (Wildman–Crippen LogP) is 4.74. The number of aromatic nitrogens is 2. The predicted molar refractivity (Wildman–Crippen MR) is 130 cm³/mol. The van der Waals surface area contributed by atoms with E-state index in [4.69, 9.17) is 4.52 Å². The Morgan fingerprint density at radius 1 is 1.09 bits per heavy atom. The molecule has 4 aromatic rings. The Labute approximate surface area is 201 Å². The molecular formula is C24H22N4O4S2. The summed E-state index contributed by atoms with van der Waals surface area (Å²) in [6.45, 7) is 4.55. The maximum Gasteiger partial charge on any atom is 0.271 e. The minimum absolute atomic E-state index is 0.0235. The van der Waals surface area contributed by atoms with Gasteiger partial charge in [0.05, 0.1) is 5.92 Å². The molecule has 1 atom stereocenters. The summed E-state index contributed by atoms with van der Waals surface area (Å²) in [6.07, 6.45) is 0.304. The number of carbonyl (C=O) groups is 1.